The van der Waals surface area contributed by atoms with Gasteiger partial charge in [-0.05, 0) is 34.4 Å². The highest BCUT2D eigenvalue weighted by Crippen LogP contribution is 2.46. The SMILES string of the molecule is COc1cc(C(=O)N2CCN(C3c4ccccc4-c4ccccc43)CC2)cc(OC)c1OC. The van der Waals surface area contributed by atoms with Crippen LogP contribution in [0.3, 0.4) is 0 Å². The first-order valence-electron chi connectivity index (χ1n) is 11.2. The molecule has 6 nitrogen and oxygen atoms in total. The number of hydrogen-bond donors (Lipinski definition) is 0. The topological polar surface area (TPSA) is 51.2 Å². The molecule has 0 saturated carbocycles. The van der Waals surface area contributed by atoms with E-state index in [2.05, 4.69) is 53.4 Å². The average molecular weight is 445 g/mol. The van der Waals surface area contributed by atoms with Gasteiger partial charge in [-0.25, -0.2) is 0 Å². The third-order valence-electron chi connectivity index (χ3n) is 6.68. The Morgan fingerprint density at radius 3 is 1.76 bits per heavy atom. The van der Waals surface area contributed by atoms with E-state index in [9.17, 15) is 4.79 Å². The Bertz CT molecular complexity index is 1110. The van der Waals surface area contributed by atoms with Crippen LogP contribution >= 0.6 is 0 Å². The van der Waals surface area contributed by atoms with Crippen molar-refractivity contribution >= 4 is 5.91 Å². The van der Waals surface area contributed by atoms with E-state index in [-0.39, 0.29) is 11.9 Å². The molecule has 1 heterocycles. The molecule has 5 rings (SSSR count). The molecule has 33 heavy (non-hydrogen) atoms. The summed E-state index contributed by atoms with van der Waals surface area (Å²) in [5, 5.41) is 0. The number of methoxy groups -OCH3 is 3. The van der Waals surface area contributed by atoms with E-state index >= 15 is 0 Å². The minimum Gasteiger partial charge on any atom is -0.493 e. The minimum absolute atomic E-state index is 0.0267. The van der Waals surface area contributed by atoms with Crippen LogP contribution in [0.25, 0.3) is 11.1 Å². The molecule has 0 unspecified atom stereocenters. The molecule has 1 aliphatic carbocycles. The Kier molecular flexibility index (Phi) is 5.68. The number of benzene rings is 3. The van der Waals surface area contributed by atoms with E-state index in [1.807, 2.05) is 4.90 Å². The van der Waals surface area contributed by atoms with E-state index in [1.54, 1.807) is 33.5 Å². The summed E-state index contributed by atoms with van der Waals surface area (Å²) in [5.41, 5.74) is 5.86. The highest BCUT2D eigenvalue weighted by molar-refractivity contribution is 5.95. The standard InChI is InChI=1S/C27H28N2O4/c1-31-23-16-18(17-24(32-2)26(23)33-3)27(30)29-14-12-28(13-15-29)25-21-10-6-4-8-19(21)20-9-5-7-11-22(20)25/h4-11,16-17,25H,12-15H2,1-3H3. The predicted molar refractivity (Wildman–Crippen MR) is 127 cm³/mol. The molecule has 0 bridgehead atoms. The molecule has 6 heteroatoms. The second-order valence-electron chi connectivity index (χ2n) is 8.32. The molecule has 1 fully saturated rings. The first kappa shape index (κ1) is 21.3. The molecule has 0 N–H and O–H groups in total. The van der Waals surface area contributed by atoms with E-state index in [4.69, 9.17) is 14.2 Å². The molecule has 0 atom stereocenters. The van der Waals surface area contributed by atoms with E-state index in [1.165, 1.54) is 22.3 Å². The summed E-state index contributed by atoms with van der Waals surface area (Å²) in [5.74, 6) is 1.43. The zero-order valence-corrected chi connectivity index (χ0v) is 19.2. The van der Waals surface area contributed by atoms with Crippen molar-refractivity contribution in [2.45, 2.75) is 6.04 Å². The zero-order valence-electron chi connectivity index (χ0n) is 19.2. The van der Waals surface area contributed by atoms with Crippen LogP contribution < -0.4 is 14.2 Å². The largest absolute Gasteiger partial charge is 0.493 e. The average Bonchev–Trinajstić information content (AvgIpc) is 3.22. The Hall–Kier alpha value is -3.51. The van der Waals surface area contributed by atoms with Crippen molar-refractivity contribution in [2.75, 3.05) is 47.5 Å². The Morgan fingerprint density at radius 2 is 1.27 bits per heavy atom. The van der Waals surface area contributed by atoms with Crippen LogP contribution in [0.5, 0.6) is 17.2 Å². The van der Waals surface area contributed by atoms with Crippen LogP contribution in [0, 0.1) is 0 Å². The molecule has 0 aromatic heterocycles. The monoisotopic (exact) mass is 444 g/mol. The van der Waals surface area contributed by atoms with Crippen LogP contribution in [-0.4, -0.2) is 63.2 Å². The van der Waals surface area contributed by atoms with Gasteiger partial charge in [0.05, 0.1) is 27.4 Å². The third-order valence-corrected chi connectivity index (χ3v) is 6.68. The molecule has 1 amide bonds. The van der Waals surface area contributed by atoms with Gasteiger partial charge >= 0.3 is 0 Å². The van der Waals surface area contributed by atoms with E-state index < -0.39 is 0 Å². The fourth-order valence-corrected chi connectivity index (χ4v) is 5.09. The highest BCUT2D eigenvalue weighted by Gasteiger charge is 2.35. The first-order valence-corrected chi connectivity index (χ1v) is 11.2. The second kappa shape index (κ2) is 8.79. The molecule has 0 spiro atoms. The summed E-state index contributed by atoms with van der Waals surface area (Å²) >= 11 is 0. The summed E-state index contributed by atoms with van der Waals surface area (Å²) in [6, 6.07) is 21.0. The molecule has 2 aliphatic rings. The maximum atomic E-state index is 13.3. The van der Waals surface area contributed by atoms with Crippen LogP contribution in [0.15, 0.2) is 60.7 Å². The molecule has 1 aliphatic heterocycles. The van der Waals surface area contributed by atoms with Gasteiger partial charge in [0, 0.05) is 31.7 Å². The maximum Gasteiger partial charge on any atom is 0.254 e. The fourth-order valence-electron chi connectivity index (χ4n) is 5.09. The van der Waals surface area contributed by atoms with Gasteiger partial charge in [0.1, 0.15) is 0 Å². The number of carbonyl (C=O) groups excluding carboxylic acids is 1. The van der Waals surface area contributed by atoms with Crippen molar-refractivity contribution in [1.82, 2.24) is 9.80 Å². The molecule has 3 aromatic carbocycles. The summed E-state index contributed by atoms with van der Waals surface area (Å²) < 4.78 is 16.2. The highest BCUT2D eigenvalue weighted by atomic mass is 16.5. The lowest BCUT2D eigenvalue weighted by molar-refractivity contribution is 0.0599. The van der Waals surface area contributed by atoms with Crippen molar-refractivity contribution in [1.29, 1.82) is 0 Å². The van der Waals surface area contributed by atoms with Gasteiger partial charge in [0.15, 0.2) is 11.5 Å². The number of rotatable bonds is 5. The summed E-state index contributed by atoms with van der Waals surface area (Å²) in [6.45, 7) is 2.94. The quantitative estimate of drug-likeness (QED) is 0.589. The zero-order chi connectivity index (χ0) is 22.9. The van der Waals surface area contributed by atoms with E-state index in [0.29, 0.717) is 35.9 Å². The van der Waals surface area contributed by atoms with Crippen molar-refractivity contribution in [2.24, 2.45) is 0 Å². The number of fused-ring (bicyclic) bond motifs is 3. The maximum absolute atomic E-state index is 13.3. The number of ether oxygens (including phenoxy) is 3. The van der Waals surface area contributed by atoms with Gasteiger partial charge in [0.2, 0.25) is 5.75 Å². The Morgan fingerprint density at radius 1 is 0.758 bits per heavy atom. The number of piperazine rings is 1. The van der Waals surface area contributed by atoms with E-state index in [0.717, 1.165) is 13.1 Å². The number of amides is 1. The second-order valence-corrected chi connectivity index (χ2v) is 8.32. The normalized spacial score (nSPS) is 15.7. The van der Waals surface area contributed by atoms with Gasteiger partial charge in [-0.2, -0.15) is 0 Å². The lowest BCUT2D eigenvalue weighted by Gasteiger charge is -2.38. The molecular formula is C27H28N2O4. The van der Waals surface area contributed by atoms with Crippen LogP contribution in [0.2, 0.25) is 0 Å². The third kappa shape index (κ3) is 3.60. The molecule has 1 saturated heterocycles. The molecule has 3 aromatic rings. The lowest BCUT2D eigenvalue weighted by atomic mass is 10.0. The summed E-state index contributed by atoms with van der Waals surface area (Å²) in [4.78, 5) is 17.7. The number of carbonyl (C=O) groups is 1. The van der Waals surface area contributed by atoms with Gasteiger partial charge in [-0.15, -0.1) is 0 Å². The van der Waals surface area contributed by atoms with Crippen molar-refractivity contribution < 1.29 is 19.0 Å². The molecule has 0 radical (unpaired) electrons. The van der Waals surface area contributed by atoms with Gasteiger partial charge in [0.25, 0.3) is 5.91 Å². The fraction of sp³-hybridized carbons (Fsp3) is 0.296. The van der Waals surface area contributed by atoms with Crippen molar-refractivity contribution in [3.63, 3.8) is 0 Å². The van der Waals surface area contributed by atoms with Crippen LogP contribution in [0.1, 0.15) is 27.5 Å². The van der Waals surface area contributed by atoms with Gasteiger partial charge < -0.3 is 19.1 Å². The van der Waals surface area contributed by atoms with Crippen LogP contribution in [0.4, 0.5) is 0 Å². The van der Waals surface area contributed by atoms with Crippen molar-refractivity contribution in [3.05, 3.63) is 77.4 Å². The van der Waals surface area contributed by atoms with Gasteiger partial charge in [-0.1, -0.05) is 48.5 Å². The first-order chi connectivity index (χ1) is 16.2. The molecular weight excluding hydrogens is 416 g/mol. The lowest BCUT2D eigenvalue weighted by Crippen LogP contribution is -2.49. The summed E-state index contributed by atoms with van der Waals surface area (Å²) in [7, 11) is 4.67. The van der Waals surface area contributed by atoms with Gasteiger partial charge in [-0.3, -0.25) is 9.69 Å². The Labute approximate surface area is 194 Å². The van der Waals surface area contributed by atoms with Crippen LogP contribution in [-0.2, 0) is 0 Å². The molecule has 170 valence electrons. The minimum atomic E-state index is -0.0267. The Balaban J connectivity index is 1.36. The summed E-state index contributed by atoms with van der Waals surface area (Å²) in [6.07, 6.45) is 0. The number of nitrogens with zero attached hydrogens (tertiary/aromatic N) is 2. The smallest absolute Gasteiger partial charge is 0.254 e. The van der Waals surface area contributed by atoms with Crippen molar-refractivity contribution in [3.8, 4) is 28.4 Å². The predicted octanol–water partition coefficient (Wildman–Crippen LogP) is 4.24. The number of hydrogen-bond acceptors (Lipinski definition) is 5.